The zero-order valence-electron chi connectivity index (χ0n) is 13.6. The molecule has 0 aliphatic heterocycles. The summed E-state index contributed by atoms with van der Waals surface area (Å²) in [6.45, 7) is 6.13. The van der Waals surface area contributed by atoms with Crippen LogP contribution in [0.2, 0.25) is 5.02 Å². The van der Waals surface area contributed by atoms with Crippen molar-refractivity contribution in [1.29, 1.82) is 0 Å². The summed E-state index contributed by atoms with van der Waals surface area (Å²) in [4.78, 5) is 16.2. The number of ether oxygens (including phenoxy) is 1. The van der Waals surface area contributed by atoms with E-state index in [-0.39, 0.29) is 5.92 Å². The molecular weight excluding hydrogens is 314 g/mol. The predicted octanol–water partition coefficient (Wildman–Crippen LogP) is 3.46. The lowest BCUT2D eigenvalue weighted by Crippen LogP contribution is -2.36. The Morgan fingerprint density at radius 3 is 2.78 bits per heavy atom. The van der Waals surface area contributed by atoms with E-state index in [2.05, 4.69) is 10.3 Å². The lowest BCUT2D eigenvalue weighted by atomic mass is 9.96. The molecule has 2 aromatic rings. The van der Waals surface area contributed by atoms with E-state index in [1.54, 1.807) is 6.20 Å². The Morgan fingerprint density at radius 1 is 1.39 bits per heavy atom. The van der Waals surface area contributed by atoms with Gasteiger partial charge in [-0.25, -0.2) is 4.79 Å². The minimum absolute atomic E-state index is 0.145. The Balaban J connectivity index is 2.21. The number of nitrogens with one attached hydrogen (secondary N) is 1. The predicted molar refractivity (Wildman–Crippen MR) is 92.8 cm³/mol. The molecular formula is C17H22ClN3O2. The molecule has 0 aliphatic rings. The smallest absolute Gasteiger partial charge is 0.407 e. The highest BCUT2D eigenvalue weighted by atomic mass is 35.5. The third kappa shape index (κ3) is 4.56. The molecule has 0 saturated heterocycles. The molecule has 1 atom stereocenters. The van der Waals surface area contributed by atoms with Gasteiger partial charge in [0.05, 0.1) is 5.52 Å². The SMILES string of the molecule is CC(C)(C)OC(=O)NCC(CN)c1c(Cl)ccc2cccnc12. The lowest BCUT2D eigenvalue weighted by molar-refractivity contribution is 0.0525. The van der Waals surface area contributed by atoms with Gasteiger partial charge in [0.25, 0.3) is 0 Å². The van der Waals surface area contributed by atoms with Crippen LogP contribution in [0, 0.1) is 0 Å². The van der Waals surface area contributed by atoms with Gasteiger partial charge < -0.3 is 15.8 Å². The third-order valence-corrected chi connectivity index (χ3v) is 3.67. The Labute approximate surface area is 141 Å². The Kier molecular flexibility index (Phi) is 5.44. The second kappa shape index (κ2) is 7.15. The van der Waals surface area contributed by atoms with E-state index in [1.807, 2.05) is 45.0 Å². The quantitative estimate of drug-likeness (QED) is 0.897. The number of halogens is 1. The van der Waals surface area contributed by atoms with Crippen LogP contribution in [-0.2, 0) is 4.74 Å². The summed E-state index contributed by atoms with van der Waals surface area (Å²) < 4.78 is 5.25. The molecule has 3 N–H and O–H groups in total. The molecule has 0 radical (unpaired) electrons. The van der Waals surface area contributed by atoms with E-state index in [9.17, 15) is 4.79 Å². The monoisotopic (exact) mass is 335 g/mol. The number of pyridine rings is 1. The second-order valence-electron chi connectivity index (χ2n) is 6.35. The van der Waals surface area contributed by atoms with Crippen LogP contribution in [0.5, 0.6) is 0 Å². The molecule has 0 fully saturated rings. The van der Waals surface area contributed by atoms with Gasteiger partial charge in [-0.1, -0.05) is 23.7 Å². The van der Waals surface area contributed by atoms with Crippen LogP contribution in [0.15, 0.2) is 30.5 Å². The number of rotatable bonds is 4. The molecule has 1 amide bonds. The Bertz CT molecular complexity index is 698. The number of hydrogen-bond donors (Lipinski definition) is 2. The summed E-state index contributed by atoms with van der Waals surface area (Å²) in [7, 11) is 0. The third-order valence-electron chi connectivity index (χ3n) is 3.35. The van der Waals surface area contributed by atoms with Crippen LogP contribution in [0.25, 0.3) is 10.9 Å². The van der Waals surface area contributed by atoms with Crippen LogP contribution < -0.4 is 11.1 Å². The molecule has 124 valence electrons. The summed E-state index contributed by atoms with van der Waals surface area (Å²) in [6, 6.07) is 7.59. The zero-order chi connectivity index (χ0) is 17.0. The number of nitrogens with two attached hydrogens (primary N) is 1. The maximum Gasteiger partial charge on any atom is 0.407 e. The van der Waals surface area contributed by atoms with Crippen LogP contribution in [-0.4, -0.2) is 29.8 Å². The van der Waals surface area contributed by atoms with Crippen molar-refractivity contribution >= 4 is 28.6 Å². The molecule has 1 unspecified atom stereocenters. The Hall–Kier alpha value is -1.85. The van der Waals surface area contributed by atoms with Crippen molar-refractivity contribution in [3.05, 3.63) is 41.0 Å². The second-order valence-corrected chi connectivity index (χ2v) is 6.76. The number of carbonyl (C=O) groups is 1. The molecule has 0 saturated carbocycles. The van der Waals surface area contributed by atoms with E-state index in [0.29, 0.717) is 18.1 Å². The molecule has 23 heavy (non-hydrogen) atoms. The van der Waals surface area contributed by atoms with E-state index in [1.165, 1.54) is 0 Å². The summed E-state index contributed by atoms with van der Waals surface area (Å²) in [5.41, 5.74) is 7.02. The molecule has 2 rings (SSSR count). The summed E-state index contributed by atoms with van der Waals surface area (Å²) >= 11 is 6.36. The summed E-state index contributed by atoms with van der Waals surface area (Å²) in [5.74, 6) is -0.145. The van der Waals surface area contributed by atoms with Gasteiger partial charge in [0.2, 0.25) is 0 Å². The highest BCUT2D eigenvalue weighted by molar-refractivity contribution is 6.32. The van der Waals surface area contributed by atoms with Gasteiger partial charge in [-0.05, 0) is 32.9 Å². The first-order chi connectivity index (χ1) is 10.8. The number of amides is 1. The maximum atomic E-state index is 11.8. The van der Waals surface area contributed by atoms with E-state index in [4.69, 9.17) is 22.1 Å². The molecule has 6 heteroatoms. The normalized spacial score (nSPS) is 12.9. The molecule has 1 aromatic heterocycles. The minimum atomic E-state index is -0.541. The van der Waals surface area contributed by atoms with Crippen LogP contribution in [0.4, 0.5) is 4.79 Å². The molecule has 1 heterocycles. The van der Waals surface area contributed by atoms with Crippen molar-refractivity contribution < 1.29 is 9.53 Å². The topological polar surface area (TPSA) is 77.2 Å². The van der Waals surface area contributed by atoms with E-state index < -0.39 is 11.7 Å². The largest absolute Gasteiger partial charge is 0.444 e. The first-order valence-corrected chi connectivity index (χ1v) is 7.89. The average Bonchev–Trinajstić information content (AvgIpc) is 2.47. The minimum Gasteiger partial charge on any atom is -0.444 e. The molecule has 0 bridgehead atoms. The van der Waals surface area contributed by atoms with Gasteiger partial charge >= 0.3 is 6.09 Å². The molecule has 5 nitrogen and oxygen atoms in total. The maximum absolute atomic E-state index is 11.8. The van der Waals surface area contributed by atoms with Gasteiger partial charge in [-0.15, -0.1) is 0 Å². The zero-order valence-corrected chi connectivity index (χ0v) is 14.4. The van der Waals surface area contributed by atoms with Gasteiger partial charge in [0.15, 0.2) is 0 Å². The van der Waals surface area contributed by atoms with Crippen LogP contribution >= 0.6 is 11.6 Å². The van der Waals surface area contributed by atoms with Crippen molar-refractivity contribution in [2.45, 2.75) is 32.3 Å². The highest BCUT2D eigenvalue weighted by Gasteiger charge is 2.21. The van der Waals surface area contributed by atoms with Crippen molar-refractivity contribution in [3.63, 3.8) is 0 Å². The number of nitrogens with zero attached hydrogens (tertiary/aromatic N) is 1. The van der Waals surface area contributed by atoms with E-state index >= 15 is 0 Å². The van der Waals surface area contributed by atoms with Gasteiger partial charge in [-0.2, -0.15) is 0 Å². The number of aromatic nitrogens is 1. The van der Waals surface area contributed by atoms with Crippen molar-refractivity contribution in [1.82, 2.24) is 10.3 Å². The first-order valence-electron chi connectivity index (χ1n) is 7.52. The highest BCUT2D eigenvalue weighted by Crippen LogP contribution is 2.30. The van der Waals surface area contributed by atoms with Crippen molar-refractivity contribution in [3.8, 4) is 0 Å². The van der Waals surface area contributed by atoms with Crippen molar-refractivity contribution in [2.75, 3.05) is 13.1 Å². The van der Waals surface area contributed by atoms with Gasteiger partial charge in [0, 0.05) is 41.2 Å². The standard InChI is InChI=1S/C17H22ClN3O2/c1-17(2,3)23-16(22)21-10-12(9-19)14-13(18)7-6-11-5-4-8-20-15(11)14/h4-8,12H,9-10,19H2,1-3H3,(H,21,22). The number of alkyl carbamates (subject to hydrolysis) is 1. The van der Waals surface area contributed by atoms with Gasteiger partial charge in [0.1, 0.15) is 5.60 Å². The number of hydrogen-bond acceptors (Lipinski definition) is 4. The fourth-order valence-electron chi connectivity index (χ4n) is 2.36. The lowest BCUT2D eigenvalue weighted by Gasteiger charge is -2.22. The van der Waals surface area contributed by atoms with Gasteiger partial charge in [-0.3, -0.25) is 4.98 Å². The summed E-state index contributed by atoms with van der Waals surface area (Å²) in [5, 5.41) is 4.34. The first kappa shape index (κ1) is 17.5. The fourth-order valence-corrected chi connectivity index (χ4v) is 2.66. The molecule has 1 aromatic carbocycles. The number of carbonyl (C=O) groups excluding carboxylic acids is 1. The number of fused-ring (bicyclic) bond motifs is 1. The number of benzene rings is 1. The fraction of sp³-hybridized carbons (Fsp3) is 0.412. The van der Waals surface area contributed by atoms with Crippen molar-refractivity contribution in [2.24, 2.45) is 5.73 Å². The average molecular weight is 336 g/mol. The van der Waals surface area contributed by atoms with Crippen LogP contribution in [0.1, 0.15) is 32.3 Å². The van der Waals surface area contributed by atoms with E-state index in [0.717, 1.165) is 16.5 Å². The summed E-state index contributed by atoms with van der Waals surface area (Å²) in [6.07, 6.45) is 1.25. The molecule has 0 spiro atoms. The van der Waals surface area contributed by atoms with Crippen LogP contribution in [0.3, 0.4) is 0 Å². The molecule has 0 aliphatic carbocycles. The Morgan fingerprint density at radius 2 is 2.13 bits per heavy atom.